The Labute approximate surface area is 90.2 Å². The molecule has 1 unspecified atom stereocenters. The van der Waals surface area contributed by atoms with Crippen LogP contribution in [0.25, 0.3) is 0 Å². The van der Waals surface area contributed by atoms with E-state index in [0.29, 0.717) is 26.1 Å². The number of amides is 1. The molecule has 1 fully saturated rings. The van der Waals surface area contributed by atoms with Crippen LogP contribution in [-0.2, 0) is 9.53 Å². The first-order valence-corrected chi connectivity index (χ1v) is 5.21. The number of hydrogen-bond acceptors (Lipinski definition) is 4. The lowest BCUT2D eigenvalue weighted by Crippen LogP contribution is -2.49. The Morgan fingerprint density at radius 1 is 1.67 bits per heavy atom. The number of rotatable bonds is 3. The molecule has 1 heterocycles. The molecule has 3 N–H and O–H groups in total. The fourth-order valence-electron chi connectivity index (χ4n) is 1.56. The maximum Gasteiger partial charge on any atom is 0.224 e. The standard InChI is InChI=1S/C10H20N2O3/c1-10(2,11)5-9(14)12-3-4-15-8(6-12)7-13/h8,13H,3-7,11H2,1-2H3. The number of ether oxygens (including phenoxy) is 1. The Hall–Kier alpha value is -0.650. The zero-order valence-corrected chi connectivity index (χ0v) is 9.40. The van der Waals surface area contributed by atoms with E-state index >= 15 is 0 Å². The summed E-state index contributed by atoms with van der Waals surface area (Å²) in [4.78, 5) is 13.5. The summed E-state index contributed by atoms with van der Waals surface area (Å²) in [5.74, 6) is 0.0317. The zero-order chi connectivity index (χ0) is 11.5. The maximum atomic E-state index is 11.8. The summed E-state index contributed by atoms with van der Waals surface area (Å²) in [6.07, 6.45) is 0.0779. The van der Waals surface area contributed by atoms with Crippen molar-refractivity contribution in [1.29, 1.82) is 0 Å². The van der Waals surface area contributed by atoms with E-state index in [2.05, 4.69) is 0 Å². The summed E-state index contributed by atoms with van der Waals surface area (Å²) < 4.78 is 5.26. The Kier molecular flexibility index (Phi) is 4.07. The van der Waals surface area contributed by atoms with E-state index < -0.39 is 5.54 Å². The third-order valence-corrected chi connectivity index (χ3v) is 2.30. The quantitative estimate of drug-likeness (QED) is 0.656. The molecule has 88 valence electrons. The van der Waals surface area contributed by atoms with E-state index in [1.807, 2.05) is 13.8 Å². The van der Waals surface area contributed by atoms with Gasteiger partial charge in [-0.3, -0.25) is 4.79 Å². The SMILES string of the molecule is CC(C)(N)CC(=O)N1CCOC(CO)C1. The summed E-state index contributed by atoms with van der Waals surface area (Å²) in [6.45, 7) is 5.15. The van der Waals surface area contributed by atoms with E-state index in [9.17, 15) is 4.79 Å². The highest BCUT2D eigenvalue weighted by atomic mass is 16.5. The Morgan fingerprint density at radius 2 is 2.33 bits per heavy atom. The summed E-state index contributed by atoms with van der Waals surface area (Å²) >= 11 is 0. The molecule has 0 saturated carbocycles. The monoisotopic (exact) mass is 216 g/mol. The van der Waals surface area contributed by atoms with Gasteiger partial charge < -0.3 is 20.5 Å². The predicted molar refractivity (Wildman–Crippen MR) is 56.3 cm³/mol. The summed E-state index contributed by atoms with van der Waals surface area (Å²) in [5, 5.41) is 8.94. The highest BCUT2D eigenvalue weighted by Gasteiger charge is 2.26. The first-order chi connectivity index (χ1) is 6.92. The molecule has 0 radical (unpaired) electrons. The molecule has 1 rings (SSSR count). The molecule has 0 aromatic heterocycles. The number of aliphatic hydroxyl groups excluding tert-OH is 1. The van der Waals surface area contributed by atoms with E-state index in [-0.39, 0.29) is 18.6 Å². The third kappa shape index (κ3) is 4.15. The third-order valence-electron chi connectivity index (χ3n) is 2.30. The molecule has 0 bridgehead atoms. The van der Waals surface area contributed by atoms with Crippen molar-refractivity contribution < 1.29 is 14.6 Å². The minimum absolute atomic E-state index is 0.0317. The lowest BCUT2D eigenvalue weighted by molar-refractivity contribution is -0.141. The fraction of sp³-hybridized carbons (Fsp3) is 0.900. The van der Waals surface area contributed by atoms with Crippen molar-refractivity contribution in [3.8, 4) is 0 Å². The highest BCUT2D eigenvalue weighted by molar-refractivity contribution is 5.77. The smallest absolute Gasteiger partial charge is 0.224 e. The van der Waals surface area contributed by atoms with Gasteiger partial charge in [-0.2, -0.15) is 0 Å². The van der Waals surface area contributed by atoms with Crippen LogP contribution in [0.3, 0.4) is 0 Å². The van der Waals surface area contributed by atoms with E-state index in [0.717, 1.165) is 0 Å². The number of nitrogens with two attached hydrogens (primary N) is 1. The second-order valence-electron chi connectivity index (χ2n) is 4.68. The normalized spacial score (nSPS) is 22.9. The van der Waals surface area contributed by atoms with Gasteiger partial charge in [0.05, 0.1) is 19.3 Å². The molecule has 0 aromatic rings. The lowest BCUT2D eigenvalue weighted by Gasteiger charge is -2.33. The van der Waals surface area contributed by atoms with Gasteiger partial charge in [0.25, 0.3) is 0 Å². The minimum Gasteiger partial charge on any atom is -0.394 e. The van der Waals surface area contributed by atoms with Crippen molar-refractivity contribution in [1.82, 2.24) is 4.90 Å². The Morgan fingerprint density at radius 3 is 2.87 bits per heavy atom. The number of hydrogen-bond donors (Lipinski definition) is 2. The van der Waals surface area contributed by atoms with Crippen LogP contribution in [0.1, 0.15) is 20.3 Å². The number of carbonyl (C=O) groups excluding carboxylic acids is 1. The maximum absolute atomic E-state index is 11.8. The van der Waals surface area contributed by atoms with Crippen molar-refractivity contribution in [3.05, 3.63) is 0 Å². The number of carbonyl (C=O) groups is 1. The van der Waals surface area contributed by atoms with Gasteiger partial charge in [-0.1, -0.05) is 0 Å². The van der Waals surface area contributed by atoms with Gasteiger partial charge in [-0.05, 0) is 13.8 Å². The van der Waals surface area contributed by atoms with Crippen LogP contribution >= 0.6 is 0 Å². The van der Waals surface area contributed by atoms with Gasteiger partial charge in [0.2, 0.25) is 5.91 Å². The summed E-state index contributed by atoms with van der Waals surface area (Å²) in [5.41, 5.74) is 5.30. The molecule has 1 saturated heterocycles. The van der Waals surface area contributed by atoms with E-state index in [4.69, 9.17) is 15.6 Å². The second kappa shape index (κ2) is 4.92. The molecule has 1 aliphatic rings. The van der Waals surface area contributed by atoms with E-state index in [1.54, 1.807) is 4.90 Å². The average molecular weight is 216 g/mol. The van der Waals surface area contributed by atoms with Gasteiger partial charge in [0, 0.05) is 25.0 Å². The van der Waals surface area contributed by atoms with Gasteiger partial charge in [-0.15, -0.1) is 0 Å². The lowest BCUT2D eigenvalue weighted by atomic mass is 10.0. The van der Waals surface area contributed by atoms with Gasteiger partial charge >= 0.3 is 0 Å². The van der Waals surface area contributed by atoms with Crippen LogP contribution in [0, 0.1) is 0 Å². The first-order valence-electron chi connectivity index (χ1n) is 5.21. The molecule has 5 nitrogen and oxygen atoms in total. The van der Waals surface area contributed by atoms with Crippen molar-refractivity contribution in [2.45, 2.75) is 31.9 Å². The number of nitrogens with zero attached hydrogens (tertiary/aromatic N) is 1. The van der Waals surface area contributed by atoms with Crippen molar-refractivity contribution in [3.63, 3.8) is 0 Å². The van der Waals surface area contributed by atoms with Gasteiger partial charge in [-0.25, -0.2) is 0 Å². The Bertz CT molecular complexity index is 225. The molecule has 0 aromatic carbocycles. The highest BCUT2D eigenvalue weighted by Crippen LogP contribution is 2.11. The minimum atomic E-state index is -0.482. The molecule has 5 heteroatoms. The molecule has 0 spiro atoms. The predicted octanol–water partition coefficient (Wildman–Crippen LogP) is -0.666. The van der Waals surface area contributed by atoms with Crippen LogP contribution in [0.2, 0.25) is 0 Å². The molecule has 1 aliphatic heterocycles. The summed E-state index contributed by atoms with van der Waals surface area (Å²) in [6, 6.07) is 0. The van der Waals surface area contributed by atoms with Crippen molar-refractivity contribution >= 4 is 5.91 Å². The van der Waals surface area contributed by atoms with Gasteiger partial charge in [0.15, 0.2) is 0 Å². The van der Waals surface area contributed by atoms with E-state index in [1.165, 1.54) is 0 Å². The van der Waals surface area contributed by atoms with Crippen molar-refractivity contribution in [2.75, 3.05) is 26.3 Å². The topological polar surface area (TPSA) is 75.8 Å². The van der Waals surface area contributed by atoms with Crippen LogP contribution < -0.4 is 5.73 Å². The molecule has 0 aliphatic carbocycles. The second-order valence-corrected chi connectivity index (χ2v) is 4.68. The Balaban J connectivity index is 2.45. The molecule has 15 heavy (non-hydrogen) atoms. The molecule has 1 atom stereocenters. The number of aliphatic hydroxyl groups is 1. The number of morpholine rings is 1. The average Bonchev–Trinajstić information content (AvgIpc) is 2.15. The summed E-state index contributed by atoms with van der Waals surface area (Å²) in [7, 11) is 0. The molecular weight excluding hydrogens is 196 g/mol. The molecule has 1 amide bonds. The first kappa shape index (κ1) is 12.4. The van der Waals surface area contributed by atoms with Crippen LogP contribution in [0.15, 0.2) is 0 Å². The fourth-order valence-corrected chi connectivity index (χ4v) is 1.56. The van der Waals surface area contributed by atoms with Gasteiger partial charge in [0.1, 0.15) is 0 Å². The van der Waals surface area contributed by atoms with Crippen LogP contribution in [-0.4, -0.2) is 53.9 Å². The molecular formula is C10H20N2O3. The zero-order valence-electron chi connectivity index (χ0n) is 9.40. The van der Waals surface area contributed by atoms with Crippen LogP contribution in [0.4, 0.5) is 0 Å². The van der Waals surface area contributed by atoms with Crippen LogP contribution in [0.5, 0.6) is 0 Å². The largest absolute Gasteiger partial charge is 0.394 e. The van der Waals surface area contributed by atoms with Crippen molar-refractivity contribution in [2.24, 2.45) is 5.73 Å².